The number of carboxylic acid groups (broad SMARTS) is 1. The van der Waals surface area contributed by atoms with Gasteiger partial charge in [0.05, 0.1) is 6.42 Å². The first-order valence-electron chi connectivity index (χ1n) is 5.74. The molecule has 0 aromatic heterocycles. The van der Waals surface area contributed by atoms with Crippen molar-refractivity contribution in [3.05, 3.63) is 34.9 Å². The normalized spacial score (nSPS) is 15.8. The second-order valence-electron chi connectivity index (χ2n) is 4.24. The average molecular weight is 219 g/mol. The Labute approximate surface area is 95.7 Å². The van der Waals surface area contributed by atoms with Crippen molar-refractivity contribution in [3.63, 3.8) is 0 Å². The average Bonchev–Trinajstić information content (AvgIpc) is 2.28. The zero-order valence-electron chi connectivity index (χ0n) is 9.57. The molecule has 0 bridgehead atoms. The third-order valence-electron chi connectivity index (χ3n) is 3.24. The van der Waals surface area contributed by atoms with E-state index in [2.05, 4.69) is 17.9 Å². The molecule has 0 aliphatic carbocycles. The van der Waals surface area contributed by atoms with Crippen LogP contribution in [0.5, 0.6) is 0 Å². The molecule has 86 valence electrons. The van der Waals surface area contributed by atoms with Crippen LogP contribution in [0.4, 0.5) is 0 Å². The number of hydrogen-bond donors (Lipinski definition) is 1. The Bertz CT molecular complexity index is 401. The van der Waals surface area contributed by atoms with Crippen LogP contribution >= 0.6 is 0 Å². The Morgan fingerprint density at radius 3 is 3.00 bits per heavy atom. The highest BCUT2D eigenvalue weighted by atomic mass is 16.4. The number of carboxylic acids is 1. The summed E-state index contributed by atoms with van der Waals surface area (Å²) >= 11 is 0. The lowest BCUT2D eigenvalue weighted by molar-refractivity contribution is -0.136. The predicted molar refractivity (Wildman–Crippen MR) is 62.4 cm³/mol. The maximum absolute atomic E-state index is 10.8. The summed E-state index contributed by atoms with van der Waals surface area (Å²) in [7, 11) is 0. The quantitative estimate of drug-likeness (QED) is 0.841. The van der Waals surface area contributed by atoms with Crippen LogP contribution in [0, 0.1) is 0 Å². The molecule has 0 saturated carbocycles. The molecule has 1 heterocycles. The van der Waals surface area contributed by atoms with Crippen LogP contribution in [0.2, 0.25) is 0 Å². The molecule has 0 radical (unpaired) electrons. The van der Waals surface area contributed by atoms with Crippen LogP contribution in [0.15, 0.2) is 18.2 Å². The second kappa shape index (κ2) is 4.66. The van der Waals surface area contributed by atoms with E-state index in [9.17, 15) is 4.79 Å². The predicted octanol–water partition coefficient (Wildman–Crippen LogP) is 1.69. The van der Waals surface area contributed by atoms with Crippen molar-refractivity contribution in [1.29, 1.82) is 0 Å². The van der Waals surface area contributed by atoms with E-state index in [1.807, 2.05) is 12.1 Å². The highest BCUT2D eigenvalue weighted by Gasteiger charge is 2.18. The van der Waals surface area contributed by atoms with E-state index in [0.29, 0.717) is 0 Å². The summed E-state index contributed by atoms with van der Waals surface area (Å²) in [6.07, 6.45) is 1.18. The molecular formula is C13H17NO2. The fourth-order valence-corrected chi connectivity index (χ4v) is 2.30. The number of carbonyl (C=O) groups is 1. The lowest BCUT2D eigenvalue weighted by Gasteiger charge is -2.29. The fourth-order valence-electron chi connectivity index (χ4n) is 2.30. The van der Waals surface area contributed by atoms with Crippen LogP contribution in [-0.2, 0) is 24.2 Å². The van der Waals surface area contributed by atoms with Gasteiger partial charge in [0.1, 0.15) is 0 Å². The molecule has 0 amide bonds. The number of hydrogen-bond acceptors (Lipinski definition) is 2. The SMILES string of the molecule is CCN1CCc2cccc(CC(=O)O)c2C1. The zero-order chi connectivity index (χ0) is 11.5. The molecule has 0 saturated heterocycles. The molecular weight excluding hydrogens is 202 g/mol. The molecule has 3 heteroatoms. The molecule has 1 aliphatic heterocycles. The number of fused-ring (bicyclic) bond motifs is 1. The minimum atomic E-state index is -0.748. The minimum absolute atomic E-state index is 0.140. The maximum atomic E-state index is 10.8. The van der Waals surface area contributed by atoms with Gasteiger partial charge in [0.15, 0.2) is 0 Å². The number of rotatable bonds is 3. The van der Waals surface area contributed by atoms with E-state index >= 15 is 0 Å². The van der Waals surface area contributed by atoms with E-state index < -0.39 is 5.97 Å². The molecule has 1 aromatic rings. The van der Waals surface area contributed by atoms with Gasteiger partial charge in [-0.3, -0.25) is 9.69 Å². The maximum Gasteiger partial charge on any atom is 0.307 e. The fraction of sp³-hybridized carbons (Fsp3) is 0.462. The van der Waals surface area contributed by atoms with E-state index in [4.69, 9.17) is 5.11 Å². The monoisotopic (exact) mass is 219 g/mol. The first-order valence-corrected chi connectivity index (χ1v) is 5.74. The smallest absolute Gasteiger partial charge is 0.307 e. The van der Waals surface area contributed by atoms with Crippen molar-refractivity contribution < 1.29 is 9.90 Å². The van der Waals surface area contributed by atoms with E-state index in [1.54, 1.807) is 0 Å². The largest absolute Gasteiger partial charge is 0.481 e. The highest BCUT2D eigenvalue weighted by molar-refractivity contribution is 5.71. The van der Waals surface area contributed by atoms with Crippen molar-refractivity contribution in [1.82, 2.24) is 4.90 Å². The number of likely N-dealkylation sites (N-methyl/N-ethyl adjacent to an activating group) is 1. The van der Waals surface area contributed by atoms with Crippen molar-refractivity contribution in [2.45, 2.75) is 26.3 Å². The molecule has 2 rings (SSSR count). The molecule has 0 fully saturated rings. The van der Waals surface area contributed by atoms with Crippen LogP contribution in [0.3, 0.4) is 0 Å². The first-order chi connectivity index (χ1) is 7.70. The van der Waals surface area contributed by atoms with Gasteiger partial charge in [-0.25, -0.2) is 0 Å². The molecule has 0 spiro atoms. The Morgan fingerprint density at radius 2 is 2.31 bits per heavy atom. The molecule has 1 N–H and O–H groups in total. The Kier molecular flexibility index (Phi) is 3.25. The van der Waals surface area contributed by atoms with Gasteiger partial charge < -0.3 is 5.11 Å². The summed E-state index contributed by atoms with van der Waals surface area (Å²) in [5, 5.41) is 8.88. The number of nitrogens with zero attached hydrogens (tertiary/aromatic N) is 1. The molecule has 0 atom stereocenters. The third-order valence-corrected chi connectivity index (χ3v) is 3.24. The topological polar surface area (TPSA) is 40.5 Å². The van der Waals surface area contributed by atoms with Gasteiger partial charge in [0.25, 0.3) is 0 Å². The van der Waals surface area contributed by atoms with Gasteiger partial charge in [-0.2, -0.15) is 0 Å². The summed E-state index contributed by atoms with van der Waals surface area (Å²) in [4.78, 5) is 13.1. The van der Waals surface area contributed by atoms with Gasteiger partial charge >= 0.3 is 5.97 Å². The standard InChI is InChI=1S/C13H17NO2/c1-2-14-7-6-10-4-3-5-11(8-13(15)16)12(10)9-14/h3-5H,2,6-9H2,1H3,(H,15,16). The van der Waals surface area contributed by atoms with Gasteiger partial charge in [-0.1, -0.05) is 25.1 Å². The van der Waals surface area contributed by atoms with Crippen LogP contribution in [-0.4, -0.2) is 29.1 Å². The van der Waals surface area contributed by atoms with Crippen LogP contribution in [0.25, 0.3) is 0 Å². The van der Waals surface area contributed by atoms with Crippen molar-refractivity contribution in [2.24, 2.45) is 0 Å². The van der Waals surface area contributed by atoms with Crippen LogP contribution in [0.1, 0.15) is 23.6 Å². The summed E-state index contributed by atoms with van der Waals surface area (Å²) in [5.41, 5.74) is 3.53. The lowest BCUT2D eigenvalue weighted by atomic mass is 9.93. The van der Waals surface area contributed by atoms with E-state index in [1.165, 1.54) is 11.1 Å². The minimum Gasteiger partial charge on any atom is -0.481 e. The summed E-state index contributed by atoms with van der Waals surface area (Å²) in [6, 6.07) is 6.03. The van der Waals surface area contributed by atoms with Gasteiger partial charge in [0, 0.05) is 13.1 Å². The summed E-state index contributed by atoms with van der Waals surface area (Å²) in [6.45, 7) is 5.15. The molecule has 1 aromatic carbocycles. The molecule has 0 unspecified atom stereocenters. The van der Waals surface area contributed by atoms with Gasteiger partial charge in [-0.15, -0.1) is 0 Å². The third kappa shape index (κ3) is 2.25. The van der Waals surface area contributed by atoms with E-state index in [0.717, 1.165) is 31.6 Å². The van der Waals surface area contributed by atoms with Crippen molar-refractivity contribution >= 4 is 5.97 Å². The Hall–Kier alpha value is -1.35. The van der Waals surface area contributed by atoms with Crippen molar-refractivity contribution in [3.8, 4) is 0 Å². The highest BCUT2D eigenvalue weighted by Crippen LogP contribution is 2.22. The first kappa shape index (κ1) is 11.1. The number of benzene rings is 1. The molecule has 1 aliphatic rings. The molecule has 16 heavy (non-hydrogen) atoms. The summed E-state index contributed by atoms with van der Waals surface area (Å²) < 4.78 is 0. The van der Waals surface area contributed by atoms with E-state index in [-0.39, 0.29) is 6.42 Å². The lowest BCUT2D eigenvalue weighted by Crippen LogP contribution is -2.31. The number of aliphatic carboxylic acids is 1. The molecule has 3 nitrogen and oxygen atoms in total. The zero-order valence-corrected chi connectivity index (χ0v) is 9.57. The second-order valence-corrected chi connectivity index (χ2v) is 4.24. The summed E-state index contributed by atoms with van der Waals surface area (Å²) in [5.74, 6) is -0.748. The van der Waals surface area contributed by atoms with Gasteiger partial charge in [-0.05, 0) is 29.7 Å². The Morgan fingerprint density at radius 1 is 1.50 bits per heavy atom. The van der Waals surface area contributed by atoms with Crippen molar-refractivity contribution in [2.75, 3.05) is 13.1 Å². The Balaban J connectivity index is 2.30. The van der Waals surface area contributed by atoms with Gasteiger partial charge in [0.2, 0.25) is 0 Å². The van der Waals surface area contributed by atoms with Crippen LogP contribution < -0.4 is 0 Å².